The van der Waals surface area contributed by atoms with Crippen molar-refractivity contribution in [2.24, 2.45) is 0 Å². The Hall–Kier alpha value is -4.27. The van der Waals surface area contributed by atoms with Crippen LogP contribution in [0.3, 0.4) is 0 Å². The van der Waals surface area contributed by atoms with E-state index in [0.717, 1.165) is 0 Å². The van der Waals surface area contributed by atoms with Gasteiger partial charge in [0.05, 0.1) is 115 Å². The maximum absolute atomic E-state index is 10.9. The normalized spacial score (nSPS) is 13.3. The molecule has 0 bridgehead atoms. The van der Waals surface area contributed by atoms with Gasteiger partial charge in [0.25, 0.3) is 17.1 Å². The van der Waals surface area contributed by atoms with Crippen molar-refractivity contribution >= 4 is 24.9 Å². The number of para-hydroxylation sites is 3. The van der Waals surface area contributed by atoms with Crippen molar-refractivity contribution < 1.29 is 62.8 Å². The first kappa shape index (κ1) is 48.7. The van der Waals surface area contributed by atoms with Crippen molar-refractivity contribution in [1.82, 2.24) is 0 Å². The van der Waals surface area contributed by atoms with E-state index in [1.165, 1.54) is 18.2 Å². The van der Waals surface area contributed by atoms with Crippen LogP contribution in [0, 0.1) is 30.3 Å². The second-order valence-electron chi connectivity index (χ2n) is 14.3. The zero-order valence-corrected chi connectivity index (χ0v) is 32.2. The van der Waals surface area contributed by atoms with E-state index in [1.54, 1.807) is 54.6 Å². The molecule has 296 valence electrons. The fraction of sp³-hybridized carbons (Fsp3) is 0.455. The van der Waals surface area contributed by atoms with Gasteiger partial charge in [0.2, 0.25) is 0 Å². The molecule has 3 aromatic carbocycles. The largest absolute Gasteiger partial charge is 0.822 e. The van der Waals surface area contributed by atoms with Crippen LogP contribution < -0.4 is 14.7 Å². The Morgan fingerprint density at radius 2 is 0.660 bits per heavy atom. The monoisotopic (exact) mass is 770 g/mol. The topological polar surface area (TPSA) is 276 Å². The smallest absolute Gasteiger partial charge is 0.278 e. The van der Waals surface area contributed by atoms with Crippen LogP contribution in [0.4, 0.5) is 17.1 Å². The number of phosphoric acid groups is 1. The number of hydrogen-bond donors (Lipinski definition) is 3. The third-order valence-electron chi connectivity index (χ3n) is 7.80. The number of nitro groups is 3. The Morgan fingerprint density at radius 3 is 0.792 bits per heavy atom. The van der Waals surface area contributed by atoms with E-state index in [1.807, 2.05) is 63.4 Å². The maximum Gasteiger partial charge on any atom is 0.278 e. The Bertz CT molecular complexity index is 1500. The average Bonchev–Trinajstić information content (AvgIpc) is 3.00. The Kier molecular flexibility index (Phi) is 19.2. The molecule has 0 aromatic heterocycles. The summed E-state index contributed by atoms with van der Waals surface area (Å²) in [5.74, 6) is 0. The van der Waals surface area contributed by atoms with E-state index in [4.69, 9.17) is 19.2 Å². The summed E-state index contributed by atoms with van der Waals surface area (Å²) < 4.78 is 9.89. The molecule has 0 radical (unpaired) electrons. The standard InChI is InChI=1S/3C11H17N2O3.H3O4P/c3*1-13(2,3)11(8-14)9-6-4-5-7-10(9)12(15)16;1-5(2,3)4/h3*4-7,11,14H,8H2,1-3H3;(H3,1,2,3,4)/q3*+1;/p-3. The van der Waals surface area contributed by atoms with E-state index in [9.17, 15) is 45.7 Å². The Balaban J connectivity index is 0.000000718. The van der Waals surface area contributed by atoms with Crippen LogP contribution in [-0.2, 0) is 4.57 Å². The Labute approximate surface area is 308 Å². The number of rotatable bonds is 12. The van der Waals surface area contributed by atoms with Gasteiger partial charge in [0.15, 0.2) is 0 Å². The van der Waals surface area contributed by atoms with Gasteiger partial charge in [-0.25, -0.2) is 0 Å². The zero-order chi connectivity index (χ0) is 41.5. The molecule has 0 spiro atoms. The molecule has 0 aliphatic carbocycles. The molecule has 3 N–H and O–H groups in total. The molecular weight excluding hydrogens is 719 g/mol. The maximum atomic E-state index is 10.9. The van der Waals surface area contributed by atoms with Crippen molar-refractivity contribution in [3.05, 3.63) is 120 Å². The van der Waals surface area contributed by atoms with Crippen LogP contribution in [0.1, 0.15) is 34.8 Å². The highest BCUT2D eigenvalue weighted by Gasteiger charge is 2.33. The SMILES string of the molecule is C[N+](C)(C)C(CO)c1ccccc1[N+](=O)[O-].C[N+](C)(C)C(CO)c1ccccc1[N+](=O)[O-].C[N+](C)(C)C(CO)c1ccccc1[N+](=O)[O-].O=P([O-])([O-])[O-]. The summed E-state index contributed by atoms with van der Waals surface area (Å²) in [6.45, 7) is -0.350. The molecule has 53 heavy (non-hydrogen) atoms. The highest BCUT2D eigenvalue weighted by atomic mass is 31.2. The minimum Gasteiger partial charge on any atom is -0.822 e. The van der Waals surface area contributed by atoms with Crippen LogP contribution in [0.25, 0.3) is 0 Å². The molecule has 0 saturated carbocycles. The van der Waals surface area contributed by atoms with Gasteiger partial charge in [-0.3, -0.25) is 30.3 Å². The van der Waals surface area contributed by atoms with Crippen molar-refractivity contribution in [2.75, 3.05) is 83.2 Å². The molecule has 20 heteroatoms. The van der Waals surface area contributed by atoms with Gasteiger partial charge >= 0.3 is 0 Å². The van der Waals surface area contributed by atoms with Crippen molar-refractivity contribution in [2.45, 2.75) is 18.1 Å². The minimum atomic E-state index is -5.39. The fourth-order valence-corrected chi connectivity index (χ4v) is 5.09. The van der Waals surface area contributed by atoms with Gasteiger partial charge in [-0.1, -0.05) is 36.4 Å². The molecule has 3 aromatic rings. The second kappa shape index (κ2) is 20.8. The van der Waals surface area contributed by atoms with Gasteiger partial charge < -0.3 is 48.0 Å². The average molecular weight is 771 g/mol. The van der Waals surface area contributed by atoms with Crippen LogP contribution in [0.15, 0.2) is 72.8 Å². The predicted octanol–water partition coefficient (Wildman–Crippen LogP) is 1.18. The number of nitro benzene ring substituents is 3. The van der Waals surface area contributed by atoms with E-state index >= 15 is 0 Å². The van der Waals surface area contributed by atoms with Crippen LogP contribution in [0.5, 0.6) is 0 Å². The first-order valence-electron chi connectivity index (χ1n) is 15.8. The lowest BCUT2D eigenvalue weighted by Gasteiger charge is -2.36. The molecule has 3 unspecified atom stereocenters. The fourth-order valence-electron chi connectivity index (χ4n) is 5.09. The van der Waals surface area contributed by atoms with Gasteiger partial charge in [0, 0.05) is 18.2 Å². The molecule has 0 heterocycles. The Morgan fingerprint density at radius 1 is 0.491 bits per heavy atom. The number of aliphatic hydroxyl groups excluding tert-OH is 3. The first-order valence-corrected chi connectivity index (χ1v) is 17.3. The zero-order valence-electron chi connectivity index (χ0n) is 31.3. The molecule has 0 amide bonds. The lowest BCUT2D eigenvalue weighted by molar-refractivity contribution is -0.902. The van der Waals surface area contributed by atoms with Crippen LogP contribution in [0.2, 0.25) is 0 Å². The summed E-state index contributed by atoms with van der Waals surface area (Å²) in [5.41, 5.74) is 1.91. The van der Waals surface area contributed by atoms with E-state index in [-0.39, 0.29) is 55.0 Å². The van der Waals surface area contributed by atoms with E-state index in [0.29, 0.717) is 30.1 Å². The summed E-state index contributed by atoms with van der Waals surface area (Å²) in [6.07, 6.45) is 0. The molecular formula is C33H51N6O13P. The molecule has 0 aliphatic heterocycles. The summed E-state index contributed by atoms with van der Waals surface area (Å²) >= 11 is 0. The van der Waals surface area contributed by atoms with Crippen molar-refractivity contribution in [3.8, 4) is 0 Å². The summed E-state index contributed by atoms with van der Waals surface area (Å²) in [4.78, 5) is 57.1. The highest BCUT2D eigenvalue weighted by molar-refractivity contribution is 7.40. The molecule has 0 fully saturated rings. The molecule has 3 rings (SSSR count). The van der Waals surface area contributed by atoms with Gasteiger partial charge in [0.1, 0.15) is 18.1 Å². The lowest BCUT2D eigenvalue weighted by Crippen LogP contribution is -2.41. The van der Waals surface area contributed by atoms with Crippen molar-refractivity contribution in [1.29, 1.82) is 0 Å². The lowest BCUT2D eigenvalue weighted by atomic mass is 10.0. The molecule has 0 aliphatic rings. The predicted molar refractivity (Wildman–Crippen MR) is 190 cm³/mol. The van der Waals surface area contributed by atoms with E-state index < -0.39 is 22.6 Å². The van der Waals surface area contributed by atoms with Gasteiger partial charge in [-0.2, -0.15) is 7.82 Å². The van der Waals surface area contributed by atoms with Crippen LogP contribution >= 0.6 is 7.82 Å². The number of benzene rings is 3. The molecule has 19 nitrogen and oxygen atoms in total. The molecule has 0 saturated heterocycles. The highest BCUT2D eigenvalue weighted by Crippen LogP contribution is 2.32. The quantitative estimate of drug-likeness (QED) is 0.101. The van der Waals surface area contributed by atoms with Gasteiger partial charge in [-0.15, -0.1) is 0 Å². The number of nitrogens with zero attached hydrogens (tertiary/aromatic N) is 6. The first-order chi connectivity index (χ1) is 24.1. The van der Waals surface area contributed by atoms with Gasteiger partial charge in [-0.05, 0) is 18.2 Å². The number of quaternary nitrogens is 3. The van der Waals surface area contributed by atoms with Crippen LogP contribution in [-0.4, -0.2) is 127 Å². The second-order valence-corrected chi connectivity index (χ2v) is 15.2. The number of hydrogen-bond acceptors (Lipinski definition) is 13. The third-order valence-corrected chi connectivity index (χ3v) is 7.80. The number of likely N-dealkylation sites (N-methyl/N-ethyl adjacent to an activating group) is 3. The molecule has 3 atom stereocenters. The summed E-state index contributed by atoms with van der Waals surface area (Å²) in [6, 6.07) is 18.8. The summed E-state index contributed by atoms with van der Waals surface area (Å²) in [5, 5.41) is 60.8. The third kappa shape index (κ3) is 17.0. The van der Waals surface area contributed by atoms with Crippen molar-refractivity contribution in [3.63, 3.8) is 0 Å². The summed E-state index contributed by atoms with van der Waals surface area (Å²) in [7, 11) is 11.7. The minimum absolute atomic E-state index is 0.0644. The number of aliphatic hydroxyl groups is 3. The van der Waals surface area contributed by atoms with E-state index in [2.05, 4.69) is 0 Å².